The van der Waals surface area contributed by atoms with Gasteiger partial charge in [0.15, 0.2) is 0 Å². The summed E-state index contributed by atoms with van der Waals surface area (Å²) in [4.78, 5) is 27.8. The van der Waals surface area contributed by atoms with E-state index in [0.717, 1.165) is 12.1 Å². The summed E-state index contributed by atoms with van der Waals surface area (Å²) >= 11 is 6.26. The van der Waals surface area contributed by atoms with Crippen LogP contribution in [0.2, 0.25) is 5.02 Å². The normalized spacial score (nSPS) is 17.7. The minimum absolute atomic E-state index is 0.0446. The highest BCUT2D eigenvalue weighted by Crippen LogP contribution is 2.31. The van der Waals surface area contributed by atoms with Crippen LogP contribution in [0.3, 0.4) is 0 Å². The molecule has 1 aliphatic heterocycles. The van der Waals surface area contributed by atoms with E-state index in [4.69, 9.17) is 21.4 Å². The fourth-order valence-electron chi connectivity index (χ4n) is 3.82. The second-order valence-electron chi connectivity index (χ2n) is 8.61. The van der Waals surface area contributed by atoms with Crippen LogP contribution in [-0.4, -0.2) is 53.6 Å². The first kappa shape index (κ1) is 20.7. The summed E-state index contributed by atoms with van der Waals surface area (Å²) in [7, 11) is 0.709. The maximum absolute atomic E-state index is 13.4. The summed E-state index contributed by atoms with van der Waals surface area (Å²) < 4.78 is 8.73. The molecule has 1 aromatic carbocycles. The lowest BCUT2D eigenvalue weighted by atomic mass is 9.99. The van der Waals surface area contributed by atoms with Gasteiger partial charge in [0.25, 0.3) is 5.56 Å². The van der Waals surface area contributed by atoms with Gasteiger partial charge in [-0.15, -0.1) is 0 Å². The Balaban J connectivity index is 1.78. The third kappa shape index (κ3) is 3.65. The van der Waals surface area contributed by atoms with Crippen molar-refractivity contribution in [3.05, 3.63) is 63.8 Å². The van der Waals surface area contributed by atoms with Crippen molar-refractivity contribution in [3.63, 3.8) is 0 Å². The Morgan fingerprint density at radius 1 is 1.27 bits per heavy atom. The fraction of sp³-hybridized carbons (Fsp3) is 0.381. The maximum Gasteiger partial charge on any atom is 0.410 e. The largest absolute Gasteiger partial charge is 0.444 e. The van der Waals surface area contributed by atoms with Gasteiger partial charge >= 0.3 is 6.09 Å². The molecule has 2 atom stereocenters. The number of nitrogens with zero attached hydrogens (tertiary/aromatic N) is 4. The number of aromatic nitrogens is 3. The van der Waals surface area contributed by atoms with Crippen molar-refractivity contribution in [1.82, 2.24) is 19.1 Å². The summed E-state index contributed by atoms with van der Waals surface area (Å²) in [5.41, 5.74) is 0.253. The Kier molecular flexibility index (Phi) is 5.23. The Bertz CT molecular complexity index is 1150. The minimum Gasteiger partial charge on any atom is -0.444 e. The molecule has 2 aromatic heterocycles. The molecule has 1 saturated heterocycles. The van der Waals surface area contributed by atoms with E-state index in [2.05, 4.69) is 0 Å². The zero-order valence-corrected chi connectivity index (χ0v) is 20.3. The van der Waals surface area contributed by atoms with Crippen LogP contribution in [0.25, 0.3) is 11.2 Å². The number of amides is 1. The van der Waals surface area contributed by atoms with E-state index in [0.29, 0.717) is 33.2 Å². The molecular formula is C21H25ClN4O3Si. The van der Waals surface area contributed by atoms with Gasteiger partial charge in [0, 0.05) is 34.6 Å². The Labute approximate surface area is 182 Å². The second-order valence-corrected chi connectivity index (χ2v) is 10.3. The average Bonchev–Trinajstić information content (AvgIpc) is 3.01. The van der Waals surface area contributed by atoms with Crippen molar-refractivity contribution in [2.75, 3.05) is 6.54 Å². The molecule has 0 bridgehead atoms. The van der Waals surface area contributed by atoms with Gasteiger partial charge in [0.05, 0.1) is 10.7 Å². The quantitative estimate of drug-likeness (QED) is 0.582. The van der Waals surface area contributed by atoms with Crippen LogP contribution in [0.4, 0.5) is 4.79 Å². The van der Waals surface area contributed by atoms with Gasteiger partial charge in [-0.05, 0) is 45.4 Å². The predicted molar refractivity (Wildman–Crippen MR) is 120 cm³/mol. The lowest BCUT2D eigenvalue weighted by molar-refractivity contribution is -0.00650. The number of hydrogen-bond acceptors (Lipinski definition) is 4. The second kappa shape index (κ2) is 7.59. The topological polar surface area (TPSA) is 68.8 Å². The summed E-state index contributed by atoms with van der Waals surface area (Å²) in [6, 6.07) is 11.0. The highest BCUT2D eigenvalue weighted by molar-refractivity contribution is 6.33. The first-order valence-corrected chi connectivity index (χ1v) is 11.6. The number of carbonyl (C=O) groups is 1. The number of halogens is 1. The van der Waals surface area contributed by atoms with E-state index in [1.54, 1.807) is 26.2 Å². The first-order valence-electron chi connectivity index (χ1n) is 10.0. The molecule has 9 heteroatoms. The number of ether oxygens (including phenoxy) is 1. The summed E-state index contributed by atoms with van der Waals surface area (Å²) in [5.74, 6) is 0.635. The molecule has 1 aliphatic rings. The molecule has 0 radical (unpaired) electrons. The van der Waals surface area contributed by atoms with Crippen molar-refractivity contribution in [2.45, 2.75) is 44.4 Å². The number of carbonyl (C=O) groups excluding carboxylic acids is 1. The molecule has 158 valence electrons. The van der Waals surface area contributed by atoms with E-state index in [-0.39, 0.29) is 23.2 Å². The third-order valence-corrected chi connectivity index (χ3v) is 6.95. The maximum atomic E-state index is 13.4. The lowest BCUT2D eigenvalue weighted by Crippen LogP contribution is -2.56. The van der Waals surface area contributed by atoms with Crippen molar-refractivity contribution in [3.8, 4) is 5.69 Å². The van der Waals surface area contributed by atoms with Crippen LogP contribution in [0.5, 0.6) is 0 Å². The van der Waals surface area contributed by atoms with Gasteiger partial charge in [-0.1, -0.05) is 29.8 Å². The average molecular weight is 445 g/mol. The van der Waals surface area contributed by atoms with Crippen molar-refractivity contribution >= 4 is 33.5 Å². The van der Waals surface area contributed by atoms with E-state index in [9.17, 15) is 9.59 Å². The fourth-order valence-corrected chi connectivity index (χ4v) is 5.11. The molecule has 3 heterocycles. The zero-order chi connectivity index (χ0) is 21.6. The monoisotopic (exact) mass is 444 g/mol. The number of benzene rings is 1. The molecule has 0 spiro atoms. The van der Waals surface area contributed by atoms with Crippen LogP contribution in [0, 0.1) is 0 Å². The van der Waals surface area contributed by atoms with E-state index >= 15 is 0 Å². The number of rotatable bonds is 3. The number of para-hydroxylation sites is 1. The van der Waals surface area contributed by atoms with E-state index < -0.39 is 5.60 Å². The third-order valence-electron chi connectivity index (χ3n) is 5.36. The Morgan fingerprint density at radius 2 is 1.97 bits per heavy atom. The van der Waals surface area contributed by atoms with Crippen LogP contribution in [-0.2, 0) is 4.74 Å². The van der Waals surface area contributed by atoms with Gasteiger partial charge in [-0.25, -0.2) is 9.31 Å². The van der Waals surface area contributed by atoms with Gasteiger partial charge in [-0.2, -0.15) is 5.10 Å². The molecule has 0 aliphatic carbocycles. The van der Waals surface area contributed by atoms with Crippen molar-refractivity contribution < 1.29 is 9.53 Å². The van der Waals surface area contributed by atoms with Crippen LogP contribution >= 0.6 is 11.6 Å². The van der Waals surface area contributed by atoms with E-state index in [1.165, 1.54) is 0 Å². The van der Waals surface area contributed by atoms with Crippen LogP contribution < -0.4 is 5.56 Å². The summed E-state index contributed by atoms with van der Waals surface area (Å²) in [6.07, 6.45) is 2.22. The highest BCUT2D eigenvalue weighted by atomic mass is 35.5. The van der Waals surface area contributed by atoms with Gasteiger partial charge < -0.3 is 9.64 Å². The lowest BCUT2D eigenvalue weighted by Gasteiger charge is -2.44. The number of likely N-dealkylation sites (tertiary alicyclic amines) is 1. The van der Waals surface area contributed by atoms with Crippen molar-refractivity contribution in [2.24, 2.45) is 0 Å². The zero-order valence-electron chi connectivity index (χ0n) is 17.5. The first-order chi connectivity index (χ1) is 14.2. The molecule has 1 fully saturated rings. The number of hydrogen-bond donors (Lipinski definition) is 0. The Morgan fingerprint density at radius 3 is 2.57 bits per heavy atom. The molecule has 3 aromatic rings. The summed E-state index contributed by atoms with van der Waals surface area (Å²) in [6.45, 7) is 6.22. The van der Waals surface area contributed by atoms with Gasteiger partial charge in [0.1, 0.15) is 16.9 Å². The molecule has 0 unspecified atom stereocenters. The smallest absolute Gasteiger partial charge is 0.410 e. The van der Waals surface area contributed by atoms with E-state index in [1.807, 2.05) is 51.1 Å². The molecule has 4 rings (SSSR count). The van der Waals surface area contributed by atoms with Crippen molar-refractivity contribution in [1.29, 1.82) is 0 Å². The number of fused-ring (bicyclic) bond motifs is 1. The molecule has 30 heavy (non-hydrogen) atoms. The summed E-state index contributed by atoms with van der Waals surface area (Å²) in [5, 5.41) is 5.12. The van der Waals surface area contributed by atoms with Crippen LogP contribution in [0.1, 0.15) is 38.6 Å². The molecule has 0 N–H and O–H groups in total. The van der Waals surface area contributed by atoms with Gasteiger partial charge in [0.2, 0.25) is 0 Å². The standard InChI is InChI=1S/C21H25ClN4O3Si/c1-21(2,3)29-20(28)24-11-10-15(24)17(30)18-23-25-12-9-14(22)16(25)19(27)26(18)13-7-5-4-6-8-13/h4-9,12,15,17H,10-11H2,1-3,30H3/t15-,17-/m0/s1. The molecule has 1 amide bonds. The highest BCUT2D eigenvalue weighted by Gasteiger charge is 2.40. The molecule has 0 saturated carbocycles. The molecular weight excluding hydrogens is 420 g/mol. The van der Waals surface area contributed by atoms with Gasteiger partial charge in [-0.3, -0.25) is 9.36 Å². The minimum atomic E-state index is -0.553. The Hall–Kier alpha value is -2.58. The SMILES string of the molecule is CC(C)(C)OC(=O)N1CC[C@H]1[C@H]([SiH3])c1nn2ccc(Cl)c2c(=O)n1-c1ccccc1. The molecule has 7 nitrogen and oxygen atoms in total. The van der Waals surface area contributed by atoms with Crippen LogP contribution in [0.15, 0.2) is 47.4 Å². The predicted octanol–water partition coefficient (Wildman–Crippen LogP) is 2.55.